The molecule has 0 saturated carbocycles. The van der Waals surface area contributed by atoms with Gasteiger partial charge in [0.1, 0.15) is 11.8 Å². The topological polar surface area (TPSA) is 108 Å². The number of non-ortho nitro benzene ring substituents is 1. The summed E-state index contributed by atoms with van der Waals surface area (Å²) in [7, 11) is 1.54. The van der Waals surface area contributed by atoms with Crippen molar-refractivity contribution in [3.63, 3.8) is 0 Å². The zero-order valence-electron chi connectivity index (χ0n) is 14.4. The van der Waals surface area contributed by atoms with Gasteiger partial charge >= 0.3 is 0 Å². The Morgan fingerprint density at radius 2 is 2.12 bits per heavy atom. The predicted octanol–water partition coefficient (Wildman–Crippen LogP) is 2.94. The second kappa shape index (κ2) is 8.48. The Bertz CT molecular complexity index is 861. The molecule has 0 aliphatic heterocycles. The number of carbonyl (C=O) groups is 1. The van der Waals surface area contributed by atoms with Gasteiger partial charge < -0.3 is 15.0 Å². The zero-order valence-corrected chi connectivity index (χ0v) is 14.4. The Morgan fingerprint density at radius 3 is 2.73 bits per heavy atom. The molecule has 8 heteroatoms. The largest absolute Gasteiger partial charge is 0.497 e. The Kier molecular flexibility index (Phi) is 6.11. The van der Waals surface area contributed by atoms with Crippen LogP contribution in [-0.2, 0) is 4.79 Å². The first-order chi connectivity index (χ1) is 12.5. The summed E-state index contributed by atoms with van der Waals surface area (Å²) in [5.41, 5.74) is 1.05. The third-order valence-electron chi connectivity index (χ3n) is 3.72. The maximum atomic E-state index is 12.3. The van der Waals surface area contributed by atoms with Crippen LogP contribution in [0.25, 0.3) is 0 Å². The van der Waals surface area contributed by atoms with E-state index in [1.54, 1.807) is 29.2 Å². The third kappa shape index (κ3) is 4.48. The highest BCUT2D eigenvalue weighted by Gasteiger charge is 2.17. The number of nitrogens with one attached hydrogen (secondary N) is 1. The van der Waals surface area contributed by atoms with Gasteiger partial charge in [0.15, 0.2) is 0 Å². The Balaban J connectivity index is 2.17. The molecule has 0 fully saturated rings. The van der Waals surface area contributed by atoms with Crippen LogP contribution in [0.5, 0.6) is 5.75 Å². The SMILES string of the molecule is CCN(CC(=O)Nc1cccc(OC)c1)c1ccc([N+](=O)[O-])cc1C#N. The molecule has 2 aromatic rings. The van der Waals surface area contributed by atoms with Gasteiger partial charge in [-0.05, 0) is 25.1 Å². The summed E-state index contributed by atoms with van der Waals surface area (Å²) in [6.07, 6.45) is 0. The number of anilines is 2. The molecule has 0 bridgehead atoms. The van der Waals surface area contributed by atoms with Crippen molar-refractivity contribution in [2.24, 2.45) is 0 Å². The van der Waals surface area contributed by atoms with E-state index < -0.39 is 4.92 Å². The van der Waals surface area contributed by atoms with E-state index in [-0.39, 0.29) is 23.7 Å². The molecule has 2 rings (SSSR count). The number of likely N-dealkylation sites (N-methyl/N-ethyl adjacent to an activating group) is 1. The summed E-state index contributed by atoms with van der Waals surface area (Å²) < 4.78 is 5.12. The highest BCUT2D eigenvalue weighted by Crippen LogP contribution is 2.25. The molecule has 0 atom stereocenters. The van der Waals surface area contributed by atoms with Crippen molar-refractivity contribution in [2.45, 2.75) is 6.92 Å². The lowest BCUT2D eigenvalue weighted by atomic mass is 10.1. The normalized spacial score (nSPS) is 9.88. The van der Waals surface area contributed by atoms with E-state index in [9.17, 15) is 20.2 Å². The molecular formula is C18H18N4O4. The molecule has 1 amide bonds. The lowest BCUT2D eigenvalue weighted by molar-refractivity contribution is -0.384. The minimum absolute atomic E-state index is 0.000199. The van der Waals surface area contributed by atoms with E-state index in [2.05, 4.69) is 5.32 Å². The van der Waals surface area contributed by atoms with Crippen LogP contribution >= 0.6 is 0 Å². The summed E-state index contributed by atoms with van der Waals surface area (Å²) in [4.78, 5) is 24.3. The number of methoxy groups -OCH3 is 1. The van der Waals surface area contributed by atoms with Crippen LogP contribution in [0.1, 0.15) is 12.5 Å². The van der Waals surface area contributed by atoms with E-state index in [1.165, 1.54) is 25.3 Å². The number of amides is 1. The molecule has 0 unspecified atom stereocenters. The number of rotatable bonds is 7. The zero-order chi connectivity index (χ0) is 19.1. The number of nitriles is 1. The second-order valence-electron chi connectivity index (χ2n) is 5.36. The van der Waals surface area contributed by atoms with Gasteiger partial charge in [-0.3, -0.25) is 14.9 Å². The summed E-state index contributed by atoms with van der Waals surface area (Å²) in [6.45, 7) is 2.29. The van der Waals surface area contributed by atoms with Crippen LogP contribution in [0.2, 0.25) is 0 Å². The fraction of sp³-hybridized carbons (Fsp3) is 0.222. The van der Waals surface area contributed by atoms with Gasteiger partial charge in [-0.1, -0.05) is 6.07 Å². The van der Waals surface area contributed by atoms with Crippen molar-refractivity contribution < 1.29 is 14.5 Å². The maximum Gasteiger partial charge on any atom is 0.270 e. The van der Waals surface area contributed by atoms with Crippen molar-refractivity contribution in [3.05, 3.63) is 58.1 Å². The minimum Gasteiger partial charge on any atom is -0.497 e. The Morgan fingerprint density at radius 1 is 1.35 bits per heavy atom. The Hall–Kier alpha value is -3.60. The lowest BCUT2D eigenvalue weighted by Crippen LogP contribution is -2.33. The third-order valence-corrected chi connectivity index (χ3v) is 3.72. The van der Waals surface area contributed by atoms with Gasteiger partial charge in [-0.2, -0.15) is 5.26 Å². The Labute approximate surface area is 150 Å². The number of nitro groups is 1. The number of nitrogens with zero attached hydrogens (tertiary/aromatic N) is 3. The van der Waals surface area contributed by atoms with Gasteiger partial charge in [0.05, 0.1) is 29.8 Å². The van der Waals surface area contributed by atoms with Crippen LogP contribution in [0, 0.1) is 21.4 Å². The predicted molar refractivity (Wildman–Crippen MR) is 97.3 cm³/mol. The lowest BCUT2D eigenvalue weighted by Gasteiger charge is -2.23. The fourth-order valence-electron chi connectivity index (χ4n) is 2.44. The van der Waals surface area contributed by atoms with Crippen LogP contribution in [0.15, 0.2) is 42.5 Å². The van der Waals surface area contributed by atoms with Gasteiger partial charge in [-0.15, -0.1) is 0 Å². The van der Waals surface area contributed by atoms with Crippen LogP contribution in [0.3, 0.4) is 0 Å². The minimum atomic E-state index is -0.559. The standard InChI is InChI=1S/C18H18N4O4/c1-3-21(17-8-7-15(22(24)25)9-13(17)11-19)12-18(23)20-14-5-4-6-16(10-14)26-2/h4-10H,3,12H2,1-2H3,(H,20,23). The number of nitro benzene ring substituents is 1. The van der Waals surface area contributed by atoms with E-state index in [4.69, 9.17) is 4.74 Å². The first-order valence-electron chi connectivity index (χ1n) is 7.85. The first kappa shape index (κ1) is 18.7. The molecule has 134 valence electrons. The number of hydrogen-bond acceptors (Lipinski definition) is 6. The highest BCUT2D eigenvalue weighted by molar-refractivity contribution is 5.94. The summed E-state index contributed by atoms with van der Waals surface area (Å²) >= 11 is 0. The molecule has 0 heterocycles. The molecule has 1 N–H and O–H groups in total. The quantitative estimate of drug-likeness (QED) is 0.605. The van der Waals surface area contributed by atoms with E-state index in [0.29, 0.717) is 23.7 Å². The van der Waals surface area contributed by atoms with Crippen LogP contribution in [0.4, 0.5) is 17.1 Å². The second-order valence-corrected chi connectivity index (χ2v) is 5.36. The van der Waals surface area contributed by atoms with Crippen molar-refractivity contribution in [2.75, 3.05) is 30.4 Å². The smallest absolute Gasteiger partial charge is 0.270 e. The molecule has 8 nitrogen and oxygen atoms in total. The van der Waals surface area contributed by atoms with Gasteiger partial charge in [0.2, 0.25) is 5.91 Å². The monoisotopic (exact) mass is 354 g/mol. The molecule has 2 aromatic carbocycles. The number of benzene rings is 2. The molecule has 26 heavy (non-hydrogen) atoms. The molecule has 0 saturated heterocycles. The average molecular weight is 354 g/mol. The van der Waals surface area contributed by atoms with Crippen LogP contribution in [-0.4, -0.2) is 31.0 Å². The maximum absolute atomic E-state index is 12.3. The van der Waals surface area contributed by atoms with Crippen LogP contribution < -0.4 is 15.0 Å². The molecule has 0 radical (unpaired) electrons. The average Bonchev–Trinajstić information content (AvgIpc) is 2.65. The van der Waals surface area contributed by atoms with E-state index in [0.717, 1.165) is 0 Å². The molecule has 0 aliphatic carbocycles. The fourth-order valence-corrected chi connectivity index (χ4v) is 2.44. The highest BCUT2D eigenvalue weighted by atomic mass is 16.6. The molecule has 0 aliphatic rings. The van der Waals surface area contributed by atoms with Gasteiger partial charge in [0, 0.05) is 30.4 Å². The van der Waals surface area contributed by atoms with E-state index in [1.807, 2.05) is 13.0 Å². The molecular weight excluding hydrogens is 336 g/mol. The van der Waals surface area contributed by atoms with Crippen molar-refractivity contribution in [1.82, 2.24) is 0 Å². The summed E-state index contributed by atoms with van der Waals surface area (Å²) in [5.74, 6) is 0.347. The van der Waals surface area contributed by atoms with E-state index >= 15 is 0 Å². The number of carbonyl (C=O) groups excluding carboxylic acids is 1. The molecule has 0 aromatic heterocycles. The van der Waals surface area contributed by atoms with Gasteiger partial charge in [-0.25, -0.2) is 0 Å². The van der Waals surface area contributed by atoms with Crippen molar-refractivity contribution in [1.29, 1.82) is 5.26 Å². The number of hydrogen-bond donors (Lipinski definition) is 1. The van der Waals surface area contributed by atoms with Crippen molar-refractivity contribution >= 4 is 23.0 Å². The van der Waals surface area contributed by atoms with Crippen molar-refractivity contribution in [3.8, 4) is 11.8 Å². The summed E-state index contributed by atoms with van der Waals surface area (Å²) in [6, 6.07) is 12.9. The first-order valence-corrected chi connectivity index (χ1v) is 7.85. The summed E-state index contributed by atoms with van der Waals surface area (Å²) in [5, 5.41) is 22.9. The number of ether oxygens (including phenoxy) is 1. The molecule has 0 spiro atoms. The van der Waals surface area contributed by atoms with Gasteiger partial charge in [0.25, 0.3) is 5.69 Å².